The molecule has 0 fully saturated rings. The fourth-order valence-electron chi connectivity index (χ4n) is 11.5. The minimum Gasteiger partial charge on any atom is -0.447 e. The van der Waals surface area contributed by atoms with Crippen molar-refractivity contribution in [3.63, 3.8) is 0 Å². The topological polar surface area (TPSA) is 622 Å². The van der Waals surface area contributed by atoms with Gasteiger partial charge in [-0.2, -0.15) is 0 Å². The van der Waals surface area contributed by atoms with Gasteiger partial charge in [-0.05, 0) is 143 Å². The molecule has 145 heavy (non-hydrogen) atoms. The van der Waals surface area contributed by atoms with Gasteiger partial charge >= 0.3 is 73.1 Å². The van der Waals surface area contributed by atoms with Crippen molar-refractivity contribution < 1.29 is 171 Å². The minimum atomic E-state index is -0.965. The second kappa shape index (κ2) is 79.9. The van der Waals surface area contributed by atoms with Crippen LogP contribution in [0.4, 0.5) is 57.5 Å². The van der Waals surface area contributed by atoms with E-state index in [1.165, 1.54) is 57.1 Å². The Morgan fingerprint density at radius 3 is 0.559 bits per heavy atom. The van der Waals surface area contributed by atoms with Crippen LogP contribution >= 0.6 is 0 Å². The van der Waals surface area contributed by atoms with Crippen molar-refractivity contribution >= 4 is 96.7 Å². The molecule has 0 aliphatic heterocycles. The van der Waals surface area contributed by atoms with Gasteiger partial charge in [-0.3, -0.25) is 29.0 Å². The van der Waals surface area contributed by atoms with E-state index in [-0.39, 0.29) is 256 Å². The lowest BCUT2D eigenvalue weighted by atomic mass is 10.2. The molecule has 0 saturated heterocycles. The Labute approximate surface area is 852 Å². The molecule has 4 atom stereocenters. The van der Waals surface area contributed by atoms with Gasteiger partial charge in [-0.25, -0.2) is 57.5 Å². The highest BCUT2D eigenvalue weighted by atomic mass is 16.7. The third kappa shape index (κ3) is 81.6. The molecule has 0 aromatic rings. The van der Waals surface area contributed by atoms with E-state index in [1.807, 2.05) is 27.7 Å². The number of carbonyl (C=O) groups excluding carboxylic acids is 16. The number of rotatable bonds is 76. The molecule has 0 aromatic carbocycles. The molecule has 4 unspecified atom stereocenters. The van der Waals surface area contributed by atoms with Gasteiger partial charge in [0.1, 0.15) is 48.8 Å². The van der Waals surface area contributed by atoms with Crippen molar-refractivity contribution in [2.24, 2.45) is 0 Å². The average Bonchev–Trinajstić information content (AvgIpc) is 0.874. The number of alkyl carbamates (subject to hydrolysis) is 12. The van der Waals surface area contributed by atoms with E-state index in [4.69, 9.17) is 94.7 Å². The number of ether oxygens (including phenoxy) is 20. The van der Waals surface area contributed by atoms with E-state index in [0.717, 1.165) is 0 Å². The zero-order valence-electron chi connectivity index (χ0n) is 88.9. The molecule has 0 aliphatic carbocycles. The summed E-state index contributed by atoms with van der Waals surface area (Å²) >= 11 is 0. The Morgan fingerprint density at radius 2 is 0.386 bits per heavy atom. The molecule has 0 radical (unpaired) electrons. The molecule has 840 valence electrons. The van der Waals surface area contributed by atoms with Crippen LogP contribution in [-0.4, -0.2) is 450 Å². The van der Waals surface area contributed by atoms with Crippen molar-refractivity contribution in [2.75, 3.05) is 276 Å². The molecular formula is C91H170N18O36. The third-order valence-corrected chi connectivity index (χ3v) is 17.8. The lowest BCUT2D eigenvalue weighted by Gasteiger charge is -2.32. The predicted octanol–water partition coefficient (Wildman–Crippen LogP) is 4.36. The quantitative estimate of drug-likeness (QED) is 0.0229. The standard InChI is InChI=1S/C91H170N18O36/c1-21-48-130-68(5)138-80(118)96-30-44-108(45-31-97-81(119)139-69(6)131-49-22-2)74(112)66-105(67-75(113)109(46-32-98-82(120)140-70(7)132-50-23-3)47-33-99-83(121)141-71(8)133-51-24-4)39-25-38-104(64-72(110)106(40-26-92-76(114)134-60-56-126-52-34-100-84(122)142-88(9,10)11)41-27-93-77(115)135-61-57-127-53-35-101-85(123)143-89(12,13)14)65-73(111)107(42-28-94-78(116)136-62-58-128-54-36-102-86(124)144-90(15,16)17)43-29-95-79(117)137-63-59-129-55-37-103-87(125)145-91(18,19)20/h68-71H,21-67H2,1-20H3,(H,92,114)(H,93,115)(H,94,116)(H,95,117)(H,96,118)(H,97,119)(H,98,120)(H,99,121)(H,100,122)(H,101,123)(H,102,124)(H,103,125). The molecule has 0 spiro atoms. The minimum absolute atomic E-state index is 0.0256. The van der Waals surface area contributed by atoms with Crippen molar-refractivity contribution in [1.82, 2.24) is 93.2 Å². The van der Waals surface area contributed by atoms with E-state index in [1.54, 1.807) is 83.1 Å². The predicted molar refractivity (Wildman–Crippen MR) is 522 cm³/mol. The maximum Gasteiger partial charge on any atom is 0.409 e. The van der Waals surface area contributed by atoms with Gasteiger partial charge in [0.05, 0.1) is 105 Å². The van der Waals surface area contributed by atoms with Crippen molar-refractivity contribution in [1.29, 1.82) is 0 Å². The van der Waals surface area contributed by atoms with Crippen LogP contribution < -0.4 is 63.8 Å². The molecule has 0 bridgehead atoms. The van der Waals surface area contributed by atoms with Crippen LogP contribution in [0.25, 0.3) is 0 Å². The summed E-state index contributed by atoms with van der Waals surface area (Å²) in [4.78, 5) is 223. The monoisotopic (exact) mass is 2090 g/mol. The Hall–Kier alpha value is -11.3. The Kier molecular flexibility index (Phi) is 73.7. The summed E-state index contributed by atoms with van der Waals surface area (Å²) < 4.78 is 108. The second-order valence-electron chi connectivity index (χ2n) is 35.8. The van der Waals surface area contributed by atoms with E-state index in [2.05, 4.69) is 63.8 Å². The van der Waals surface area contributed by atoms with E-state index in [0.29, 0.717) is 25.7 Å². The zero-order chi connectivity index (χ0) is 109. The molecule has 54 heteroatoms. The van der Waals surface area contributed by atoms with Crippen LogP contribution in [0.15, 0.2) is 0 Å². The van der Waals surface area contributed by atoms with Crippen LogP contribution in [0.1, 0.15) is 171 Å². The van der Waals surface area contributed by atoms with Gasteiger partial charge in [0.2, 0.25) is 48.8 Å². The summed E-state index contributed by atoms with van der Waals surface area (Å²) in [6.07, 6.45) is -11.6. The first-order chi connectivity index (χ1) is 68.5. The van der Waals surface area contributed by atoms with Crippen molar-refractivity contribution in [3.8, 4) is 0 Å². The molecule has 0 rings (SSSR count). The molecule has 0 saturated carbocycles. The summed E-state index contributed by atoms with van der Waals surface area (Å²) in [5.41, 5.74) is -2.99. The number of nitrogens with one attached hydrogen (secondary N) is 12. The lowest BCUT2D eigenvalue weighted by Crippen LogP contribution is -2.51. The first kappa shape index (κ1) is 134. The largest absolute Gasteiger partial charge is 0.447 e. The highest BCUT2D eigenvalue weighted by Crippen LogP contribution is 2.13. The summed E-state index contributed by atoms with van der Waals surface area (Å²) in [7, 11) is 0. The fraction of sp³-hybridized carbons (Fsp3) is 0.824. The van der Waals surface area contributed by atoms with Crippen molar-refractivity contribution in [2.45, 2.75) is 218 Å². The van der Waals surface area contributed by atoms with Crippen LogP contribution in [0.5, 0.6) is 0 Å². The SMILES string of the molecule is CCCOC(C)OC(=O)NCCN(CCNC(=O)OC(C)OCCC)C(=O)CN(CCCN(CC(=O)N(CCNC(=O)OCCOCCNC(=O)OC(C)(C)C)CCNC(=O)OCCOCCNC(=O)OC(C)(C)C)CC(=O)N(CCNC(=O)OCCOCCNC(=O)OC(C)(C)C)CCNC(=O)OCCOCCNC(=O)OC(C)(C)C)CC(=O)N(CCNC(=O)OC(C)OCCC)CCNC(=O)OC(C)OCCC. The Bertz CT molecular complexity index is 3260. The first-order valence-corrected chi connectivity index (χ1v) is 49.2. The highest BCUT2D eigenvalue weighted by molar-refractivity contribution is 5.83. The number of amides is 16. The number of nitrogens with zero attached hydrogens (tertiary/aromatic N) is 6. The third-order valence-electron chi connectivity index (χ3n) is 17.8. The first-order valence-electron chi connectivity index (χ1n) is 49.2. The smallest absolute Gasteiger partial charge is 0.409 e. The van der Waals surface area contributed by atoms with E-state index < -0.39 is 170 Å². The molecule has 12 N–H and O–H groups in total. The summed E-state index contributed by atoms with van der Waals surface area (Å²) in [6.45, 7) is 26.7. The van der Waals surface area contributed by atoms with Gasteiger partial charge in [0, 0.05) is 144 Å². The van der Waals surface area contributed by atoms with Crippen LogP contribution in [0.2, 0.25) is 0 Å². The summed E-state index contributed by atoms with van der Waals surface area (Å²) in [5.74, 6) is -2.85. The molecule has 0 aromatic heterocycles. The second-order valence-corrected chi connectivity index (χ2v) is 35.8. The molecule has 0 heterocycles. The number of carbonyl (C=O) groups is 16. The normalized spacial score (nSPS) is 12.2. The number of hydrogen-bond acceptors (Lipinski definition) is 38. The maximum atomic E-state index is 15.4. The van der Waals surface area contributed by atoms with Crippen LogP contribution in [-0.2, 0) is 114 Å². The molecule has 16 amide bonds. The number of hydrogen-bond donors (Lipinski definition) is 12. The van der Waals surface area contributed by atoms with Gasteiger partial charge in [0.15, 0.2) is 0 Å². The average molecular weight is 2090 g/mol. The zero-order valence-corrected chi connectivity index (χ0v) is 88.9. The molecule has 0 aliphatic rings. The lowest BCUT2D eigenvalue weighted by molar-refractivity contribution is -0.136. The van der Waals surface area contributed by atoms with Gasteiger partial charge in [0.25, 0.3) is 0 Å². The van der Waals surface area contributed by atoms with E-state index >= 15 is 19.2 Å². The summed E-state index contributed by atoms with van der Waals surface area (Å²) in [6, 6.07) is 0. The highest BCUT2D eigenvalue weighted by Gasteiger charge is 2.30. The van der Waals surface area contributed by atoms with Crippen LogP contribution in [0, 0.1) is 0 Å². The van der Waals surface area contributed by atoms with Gasteiger partial charge in [-0.15, -0.1) is 0 Å². The van der Waals surface area contributed by atoms with Gasteiger partial charge in [-0.1, -0.05) is 27.7 Å². The Balaban J connectivity index is 8.54. The summed E-state index contributed by atoms with van der Waals surface area (Å²) in [5, 5.41) is 30.9. The van der Waals surface area contributed by atoms with Gasteiger partial charge < -0.3 is 178 Å². The maximum absolute atomic E-state index is 15.4. The molecule has 54 nitrogen and oxygen atoms in total. The Morgan fingerprint density at radius 1 is 0.214 bits per heavy atom. The fourth-order valence-corrected chi connectivity index (χ4v) is 11.5. The van der Waals surface area contributed by atoms with Crippen LogP contribution in [0.3, 0.4) is 0 Å². The molecular weight excluding hydrogens is 1920 g/mol. The van der Waals surface area contributed by atoms with E-state index in [9.17, 15) is 57.5 Å². The van der Waals surface area contributed by atoms with Crippen molar-refractivity contribution in [3.05, 3.63) is 0 Å².